The Balaban J connectivity index is 2.59. The van der Waals surface area contributed by atoms with E-state index in [1.54, 1.807) is 10.7 Å². The zero-order chi connectivity index (χ0) is 11.0. The second-order valence-corrected chi connectivity index (χ2v) is 3.58. The Morgan fingerprint density at radius 3 is 2.60 bits per heavy atom. The topological polar surface area (TPSA) is 69.6 Å². The fraction of sp³-hybridized carbons (Fsp3) is 0.222. The van der Waals surface area contributed by atoms with Crippen molar-refractivity contribution in [2.75, 3.05) is 5.73 Å². The van der Waals surface area contributed by atoms with Gasteiger partial charge in [0.05, 0.1) is 16.4 Å². The summed E-state index contributed by atoms with van der Waals surface area (Å²) in [5.41, 5.74) is 7.18. The number of nitrogen functional groups attached to an aromatic ring is 1. The van der Waals surface area contributed by atoms with Crippen LogP contribution in [-0.4, -0.2) is 19.7 Å². The lowest BCUT2D eigenvalue weighted by molar-refractivity contribution is 0.802. The van der Waals surface area contributed by atoms with Gasteiger partial charge in [0.2, 0.25) is 0 Å². The van der Waals surface area contributed by atoms with Gasteiger partial charge in [-0.2, -0.15) is 5.10 Å². The Morgan fingerprint density at radius 1 is 1.33 bits per heavy atom. The molecule has 0 amide bonds. The zero-order valence-corrected chi connectivity index (χ0v) is 9.15. The highest BCUT2D eigenvalue weighted by Crippen LogP contribution is 2.21. The van der Waals surface area contributed by atoms with E-state index in [1.165, 1.54) is 6.33 Å². The second-order valence-electron chi connectivity index (χ2n) is 3.20. The molecule has 78 valence electrons. The Kier molecular flexibility index (Phi) is 2.32. The summed E-state index contributed by atoms with van der Waals surface area (Å²) in [6.07, 6.45) is 1.40. The van der Waals surface area contributed by atoms with Gasteiger partial charge in [0.25, 0.3) is 0 Å². The molecule has 2 heterocycles. The SMILES string of the molecule is Cc1nn(-c2cc(N)ncn2)c(C)c1Cl. The molecule has 0 aliphatic rings. The van der Waals surface area contributed by atoms with Gasteiger partial charge < -0.3 is 5.73 Å². The van der Waals surface area contributed by atoms with Gasteiger partial charge in [-0.25, -0.2) is 14.6 Å². The van der Waals surface area contributed by atoms with Crippen molar-refractivity contribution in [3.05, 3.63) is 28.8 Å². The molecule has 0 bridgehead atoms. The van der Waals surface area contributed by atoms with E-state index in [0.717, 1.165) is 11.4 Å². The van der Waals surface area contributed by atoms with Crippen molar-refractivity contribution in [1.29, 1.82) is 0 Å². The molecule has 0 aromatic carbocycles. The standard InChI is InChI=1S/C9H10ClN5/c1-5-9(10)6(2)15(14-5)8-3-7(11)12-4-13-8/h3-4H,1-2H3,(H2,11,12,13). The molecule has 0 saturated heterocycles. The van der Waals surface area contributed by atoms with Gasteiger partial charge in [-0.1, -0.05) is 11.6 Å². The minimum Gasteiger partial charge on any atom is -0.384 e. The first-order valence-electron chi connectivity index (χ1n) is 4.39. The van der Waals surface area contributed by atoms with Gasteiger partial charge in [0, 0.05) is 6.07 Å². The number of anilines is 1. The average molecular weight is 224 g/mol. The zero-order valence-electron chi connectivity index (χ0n) is 8.40. The van der Waals surface area contributed by atoms with E-state index in [4.69, 9.17) is 17.3 Å². The minimum absolute atomic E-state index is 0.406. The summed E-state index contributed by atoms with van der Waals surface area (Å²) in [4.78, 5) is 7.89. The van der Waals surface area contributed by atoms with Crippen molar-refractivity contribution in [2.24, 2.45) is 0 Å². The van der Waals surface area contributed by atoms with Gasteiger partial charge in [-0.15, -0.1) is 0 Å². The van der Waals surface area contributed by atoms with Crippen molar-refractivity contribution < 1.29 is 0 Å². The molecule has 0 aliphatic carbocycles. The van der Waals surface area contributed by atoms with Crippen LogP contribution < -0.4 is 5.73 Å². The minimum atomic E-state index is 0.406. The summed E-state index contributed by atoms with van der Waals surface area (Å²) < 4.78 is 1.65. The summed E-state index contributed by atoms with van der Waals surface area (Å²) in [5.74, 6) is 1.03. The lowest BCUT2D eigenvalue weighted by Crippen LogP contribution is -2.03. The Labute approximate surface area is 91.9 Å². The van der Waals surface area contributed by atoms with E-state index in [9.17, 15) is 0 Å². The molecular formula is C9H10ClN5. The molecule has 5 nitrogen and oxygen atoms in total. The van der Waals surface area contributed by atoms with Crippen molar-refractivity contribution >= 4 is 17.4 Å². The molecule has 6 heteroatoms. The molecule has 2 aromatic rings. The van der Waals surface area contributed by atoms with Crippen LogP contribution in [0.5, 0.6) is 0 Å². The molecule has 0 radical (unpaired) electrons. The molecule has 2 rings (SSSR count). The number of rotatable bonds is 1. The first-order chi connectivity index (χ1) is 7.09. The smallest absolute Gasteiger partial charge is 0.159 e. The lowest BCUT2D eigenvalue weighted by Gasteiger charge is -2.02. The van der Waals surface area contributed by atoms with Crippen LogP contribution in [0.15, 0.2) is 12.4 Å². The van der Waals surface area contributed by atoms with Crippen LogP contribution in [-0.2, 0) is 0 Å². The highest BCUT2D eigenvalue weighted by atomic mass is 35.5. The Morgan fingerprint density at radius 2 is 2.07 bits per heavy atom. The maximum atomic E-state index is 6.03. The van der Waals surface area contributed by atoms with Crippen molar-refractivity contribution in [3.8, 4) is 5.82 Å². The fourth-order valence-corrected chi connectivity index (χ4v) is 1.44. The third kappa shape index (κ3) is 1.66. The first kappa shape index (κ1) is 9.92. The molecule has 0 unspecified atom stereocenters. The third-order valence-electron chi connectivity index (χ3n) is 2.09. The maximum absolute atomic E-state index is 6.03. The number of halogens is 1. The summed E-state index contributed by atoms with van der Waals surface area (Å²) in [7, 11) is 0. The highest BCUT2D eigenvalue weighted by molar-refractivity contribution is 6.31. The van der Waals surface area contributed by atoms with Gasteiger partial charge >= 0.3 is 0 Å². The summed E-state index contributed by atoms with van der Waals surface area (Å²) >= 11 is 6.03. The first-order valence-corrected chi connectivity index (χ1v) is 4.77. The number of nitrogens with two attached hydrogens (primary N) is 1. The molecule has 0 aliphatic heterocycles. The molecule has 15 heavy (non-hydrogen) atoms. The normalized spacial score (nSPS) is 10.6. The van der Waals surface area contributed by atoms with E-state index in [-0.39, 0.29) is 0 Å². The molecule has 0 saturated carbocycles. The molecule has 2 aromatic heterocycles. The summed E-state index contributed by atoms with van der Waals surface area (Å²) in [6, 6.07) is 1.65. The monoisotopic (exact) mass is 223 g/mol. The van der Waals surface area contributed by atoms with E-state index in [1.807, 2.05) is 13.8 Å². The van der Waals surface area contributed by atoms with Crippen molar-refractivity contribution in [2.45, 2.75) is 13.8 Å². The van der Waals surface area contributed by atoms with E-state index >= 15 is 0 Å². The van der Waals surface area contributed by atoms with Gasteiger partial charge in [-0.3, -0.25) is 0 Å². The van der Waals surface area contributed by atoms with Crippen LogP contribution in [0, 0.1) is 13.8 Å². The third-order valence-corrected chi connectivity index (χ3v) is 2.64. The van der Waals surface area contributed by atoms with E-state index in [2.05, 4.69) is 15.1 Å². The van der Waals surface area contributed by atoms with Crippen LogP contribution in [0.25, 0.3) is 5.82 Å². The fourth-order valence-electron chi connectivity index (χ4n) is 1.32. The van der Waals surface area contributed by atoms with Crippen LogP contribution in [0.3, 0.4) is 0 Å². The molecule has 0 atom stereocenters. The number of aryl methyl sites for hydroxylation is 1. The van der Waals surface area contributed by atoms with E-state index in [0.29, 0.717) is 16.7 Å². The lowest BCUT2D eigenvalue weighted by atomic mass is 10.4. The van der Waals surface area contributed by atoms with E-state index < -0.39 is 0 Å². The number of hydrogen-bond acceptors (Lipinski definition) is 4. The van der Waals surface area contributed by atoms with Crippen molar-refractivity contribution in [3.63, 3.8) is 0 Å². The molecule has 2 N–H and O–H groups in total. The number of hydrogen-bond donors (Lipinski definition) is 1. The predicted octanol–water partition coefficient (Wildman–Crippen LogP) is 1.51. The Hall–Kier alpha value is -1.62. The van der Waals surface area contributed by atoms with Crippen LogP contribution in [0.4, 0.5) is 5.82 Å². The summed E-state index contributed by atoms with van der Waals surface area (Å²) in [6.45, 7) is 3.72. The summed E-state index contributed by atoms with van der Waals surface area (Å²) in [5, 5.41) is 4.91. The van der Waals surface area contributed by atoms with Gasteiger partial charge in [0.15, 0.2) is 5.82 Å². The highest BCUT2D eigenvalue weighted by Gasteiger charge is 2.11. The number of nitrogens with zero attached hydrogens (tertiary/aromatic N) is 4. The van der Waals surface area contributed by atoms with Crippen LogP contribution >= 0.6 is 11.6 Å². The van der Waals surface area contributed by atoms with Gasteiger partial charge in [-0.05, 0) is 13.8 Å². The quantitative estimate of drug-likeness (QED) is 0.796. The largest absolute Gasteiger partial charge is 0.384 e. The molecule has 0 fully saturated rings. The molecule has 0 spiro atoms. The van der Waals surface area contributed by atoms with Gasteiger partial charge in [0.1, 0.15) is 12.1 Å². The molecular weight excluding hydrogens is 214 g/mol. The maximum Gasteiger partial charge on any atom is 0.159 e. The Bertz CT molecular complexity index is 505. The van der Waals surface area contributed by atoms with Crippen molar-refractivity contribution in [1.82, 2.24) is 19.7 Å². The van der Waals surface area contributed by atoms with Crippen LogP contribution in [0.1, 0.15) is 11.4 Å². The predicted molar refractivity (Wildman–Crippen MR) is 58.1 cm³/mol. The average Bonchev–Trinajstić information content (AvgIpc) is 2.46. The van der Waals surface area contributed by atoms with Crippen LogP contribution in [0.2, 0.25) is 5.02 Å². The number of aromatic nitrogens is 4. The second kappa shape index (κ2) is 3.51.